The second-order valence-electron chi connectivity index (χ2n) is 7.05. The van der Waals surface area contributed by atoms with Crippen molar-refractivity contribution in [2.24, 2.45) is 10.4 Å². The van der Waals surface area contributed by atoms with E-state index in [1.807, 2.05) is 24.3 Å². The first kappa shape index (κ1) is 17.6. The van der Waals surface area contributed by atoms with Crippen molar-refractivity contribution in [3.8, 4) is 5.75 Å². The molecule has 1 heterocycles. The van der Waals surface area contributed by atoms with Crippen LogP contribution < -0.4 is 15.4 Å². The third kappa shape index (κ3) is 4.24. The molecule has 1 amide bonds. The molecule has 1 aromatic carbocycles. The molecular weight excluding hydrogens is 316 g/mol. The Morgan fingerprint density at radius 2 is 2.00 bits per heavy atom. The highest BCUT2D eigenvalue weighted by atomic mass is 16.5. The van der Waals surface area contributed by atoms with Gasteiger partial charge in [-0.3, -0.25) is 9.79 Å². The van der Waals surface area contributed by atoms with Crippen LogP contribution in [0, 0.1) is 5.41 Å². The molecule has 136 valence electrons. The lowest BCUT2D eigenvalue weighted by molar-refractivity contribution is -0.120. The highest BCUT2D eigenvalue weighted by Gasteiger charge is 2.43. The second kappa shape index (κ2) is 7.76. The summed E-state index contributed by atoms with van der Waals surface area (Å²) < 4.78 is 5.13. The smallest absolute Gasteiger partial charge is 0.239 e. The van der Waals surface area contributed by atoms with Gasteiger partial charge in [-0.2, -0.15) is 0 Å². The van der Waals surface area contributed by atoms with Gasteiger partial charge in [0.1, 0.15) is 5.75 Å². The van der Waals surface area contributed by atoms with Gasteiger partial charge >= 0.3 is 0 Å². The fraction of sp³-hybridized carbons (Fsp3) is 0.579. The number of rotatable bonds is 5. The van der Waals surface area contributed by atoms with Gasteiger partial charge in [0.2, 0.25) is 5.91 Å². The monoisotopic (exact) mass is 344 g/mol. The van der Waals surface area contributed by atoms with E-state index in [1.165, 1.54) is 25.7 Å². The molecule has 0 radical (unpaired) electrons. The Hall–Kier alpha value is -2.24. The Balaban J connectivity index is 1.41. The van der Waals surface area contributed by atoms with Crippen molar-refractivity contribution >= 4 is 11.9 Å². The summed E-state index contributed by atoms with van der Waals surface area (Å²) in [6.07, 6.45) is 5.27. The van der Waals surface area contributed by atoms with E-state index in [9.17, 15) is 4.79 Å². The van der Waals surface area contributed by atoms with E-state index >= 15 is 0 Å². The van der Waals surface area contributed by atoms with Gasteiger partial charge in [0.25, 0.3) is 0 Å². The van der Waals surface area contributed by atoms with Gasteiger partial charge in [0.05, 0.1) is 13.7 Å². The molecule has 3 rings (SSSR count). The predicted octanol–water partition coefficient (Wildman–Crippen LogP) is 1.76. The number of nitrogens with zero attached hydrogens (tertiary/aromatic N) is 2. The minimum atomic E-state index is -0.0328. The summed E-state index contributed by atoms with van der Waals surface area (Å²) in [6, 6.07) is 7.69. The Morgan fingerprint density at radius 3 is 2.56 bits per heavy atom. The van der Waals surface area contributed by atoms with Crippen LogP contribution in [0.5, 0.6) is 5.75 Å². The normalized spacial score (nSPS) is 18.8. The molecule has 0 atom stereocenters. The number of ether oxygens (including phenoxy) is 1. The van der Waals surface area contributed by atoms with Crippen molar-refractivity contribution in [1.82, 2.24) is 15.5 Å². The quantitative estimate of drug-likeness (QED) is 0.631. The van der Waals surface area contributed by atoms with Crippen LogP contribution in [0.25, 0.3) is 0 Å². The minimum absolute atomic E-state index is 0.0328. The van der Waals surface area contributed by atoms with Crippen LogP contribution in [-0.2, 0) is 11.3 Å². The van der Waals surface area contributed by atoms with Crippen LogP contribution in [0.15, 0.2) is 29.3 Å². The van der Waals surface area contributed by atoms with Crippen molar-refractivity contribution in [1.29, 1.82) is 0 Å². The van der Waals surface area contributed by atoms with E-state index in [0.29, 0.717) is 12.0 Å². The summed E-state index contributed by atoms with van der Waals surface area (Å²) in [5.41, 5.74) is 1.57. The third-order valence-electron chi connectivity index (χ3n) is 5.42. The number of carbonyl (C=O) groups is 1. The molecule has 1 saturated carbocycles. The third-order valence-corrected chi connectivity index (χ3v) is 5.42. The zero-order chi connectivity index (χ0) is 17.7. The summed E-state index contributed by atoms with van der Waals surface area (Å²) in [4.78, 5) is 18.7. The van der Waals surface area contributed by atoms with Crippen molar-refractivity contribution in [2.45, 2.75) is 32.2 Å². The molecular formula is C19H28N4O2. The molecule has 1 aliphatic carbocycles. The molecule has 1 aliphatic heterocycles. The van der Waals surface area contributed by atoms with Crippen molar-refractivity contribution in [2.75, 3.05) is 33.8 Å². The molecule has 6 nitrogen and oxygen atoms in total. The van der Waals surface area contributed by atoms with Gasteiger partial charge < -0.3 is 20.3 Å². The molecule has 6 heteroatoms. The van der Waals surface area contributed by atoms with Crippen molar-refractivity contribution in [3.63, 3.8) is 0 Å². The number of amides is 1. The van der Waals surface area contributed by atoms with E-state index in [2.05, 4.69) is 20.5 Å². The minimum Gasteiger partial charge on any atom is -0.497 e. The van der Waals surface area contributed by atoms with Gasteiger partial charge in [-0.1, -0.05) is 18.6 Å². The average Bonchev–Trinajstić information content (AvgIpc) is 3.07. The maximum Gasteiger partial charge on any atom is 0.239 e. The predicted molar refractivity (Wildman–Crippen MR) is 98.7 cm³/mol. The van der Waals surface area contributed by atoms with E-state index in [4.69, 9.17) is 4.74 Å². The number of benzene rings is 1. The first-order chi connectivity index (χ1) is 12.1. The molecule has 1 aromatic rings. The van der Waals surface area contributed by atoms with E-state index < -0.39 is 0 Å². The molecule has 25 heavy (non-hydrogen) atoms. The lowest BCUT2D eigenvalue weighted by Gasteiger charge is -2.38. The number of likely N-dealkylation sites (tertiary alicyclic amines) is 1. The molecule has 1 saturated heterocycles. The Kier molecular flexibility index (Phi) is 5.46. The lowest BCUT2D eigenvalue weighted by atomic mass is 9.68. The van der Waals surface area contributed by atoms with E-state index in [1.54, 1.807) is 14.2 Å². The molecule has 1 spiro atoms. The summed E-state index contributed by atoms with van der Waals surface area (Å²) >= 11 is 0. The fourth-order valence-corrected chi connectivity index (χ4v) is 3.70. The fourth-order valence-electron chi connectivity index (χ4n) is 3.70. The molecule has 2 aliphatic rings. The summed E-state index contributed by atoms with van der Waals surface area (Å²) in [5.74, 6) is 1.62. The van der Waals surface area contributed by atoms with Crippen LogP contribution in [0.3, 0.4) is 0 Å². The van der Waals surface area contributed by atoms with Gasteiger partial charge in [0.15, 0.2) is 5.96 Å². The number of hydrogen-bond acceptors (Lipinski definition) is 3. The molecule has 0 aromatic heterocycles. The number of aliphatic imine (C=N–C) groups is 1. The zero-order valence-corrected chi connectivity index (χ0v) is 15.2. The number of guanidine groups is 1. The van der Waals surface area contributed by atoms with Gasteiger partial charge in [-0.15, -0.1) is 0 Å². The molecule has 0 bridgehead atoms. The number of nitrogens with one attached hydrogen (secondary N) is 2. The van der Waals surface area contributed by atoms with Crippen LogP contribution in [0.2, 0.25) is 0 Å². The van der Waals surface area contributed by atoms with Crippen molar-refractivity contribution < 1.29 is 9.53 Å². The van der Waals surface area contributed by atoms with Crippen molar-refractivity contribution in [3.05, 3.63) is 29.8 Å². The zero-order valence-electron chi connectivity index (χ0n) is 15.2. The first-order valence-corrected chi connectivity index (χ1v) is 8.99. The average molecular weight is 344 g/mol. The molecule has 2 N–H and O–H groups in total. The Morgan fingerprint density at radius 1 is 1.24 bits per heavy atom. The van der Waals surface area contributed by atoms with Crippen LogP contribution in [-0.4, -0.2) is 50.6 Å². The topological polar surface area (TPSA) is 66.0 Å². The second-order valence-corrected chi connectivity index (χ2v) is 7.05. The summed E-state index contributed by atoms with van der Waals surface area (Å²) in [7, 11) is 3.42. The Bertz CT molecular complexity index is 623. The van der Waals surface area contributed by atoms with Crippen LogP contribution in [0.4, 0.5) is 0 Å². The number of carbonyl (C=O) groups excluding carboxylic acids is 1. The van der Waals surface area contributed by atoms with E-state index in [-0.39, 0.29) is 12.5 Å². The maximum absolute atomic E-state index is 12.1. The molecule has 2 fully saturated rings. The largest absolute Gasteiger partial charge is 0.497 e. The standard InChI is InChI=1S/C19H28N4O2/c1-20-18(23-11-10-19(14-23)8-3-9-19)22-13-17(24)21-12-15-4-6-16(25-2)7-5-15/h4-7H,3,8-14H2,1-2H3,(H,20,22)(H,21,24). The highest BCUT2D eigenvalue weighted by molar-refractivity contribution is 5.86. The van der Waals surface area contributed by atoms with Gasteiger partial charge in [-0.05, 0) is 42.4 Å². The maximum atomic E-state index is 12.1. The lowest BCUT2D eigenvalue weighted by Crippen LogP contribution is -2.45. The number of hydrogen-bond donors (Lipinski definition) is 2. The summed E-state index contributed by atoms with van der Waals surface area (Å²) in [5, 5.41) is 6.12. The van der Waals surface area contributed by atoms with Crippen LogP contribution >= 0.6 is 0 Å². The van der Waals surface area contributed by atoms with E-state index in [0.717, 1.165) is 30.4 Å². The van der Waals surface area contributed by atoms with Crippen LogP contribution in [0.1, 0.15) is 31.2 Å². The number of methoxy groups -OCH3 is 1. The van der Waals surface area contributed by atoms with Gasteiger partial charge in [0, 0.05) is 26.7 Å². The molecule has 0 unspecified atom stereocenters. The SMILES string of the molecule is CN=C(NCC(=O)NCc1ccc(OC)cc1)N1CCC2(CCC2)C1. The van der Waals surface area contributed by atoms with Gasteiger partial charge in [-0.25, -0.2) is 0 Å². The first-order valence-electron chi connectivity index (χ1n) is 8.99. The summed E-state index contributed by atoms with van der Waals surface area (Å²) in [6.45, 7) is 2.86. The highest BCUT2D eigenvalue weighted by Crippen LogP contribution is 2.47. The Labute approximate surface area is 149 Å².